The van der Waals surface area contributed by atoms with Crippen molar-refractivity contribution in [3.63, 3.8) is 0 Å². The molecule has 64 valence electrons. The summed E-state index contributed by atoms with van der Waals surface area (Å²) in [5, 5.41) is 9.62. The predicted molar refractivity (Wildman–Crippen MR) is 49.7 cm³/mol. The van der Waals surface area contributed by atoms with Gasteiger partial charge in [-0.05, 0) is 6.42 Å². The SMILES string of the molecule is C=C(Br)CN1CC(O)(CC)C1. The van der Waals surface area contributed by atoms with Gasteiger partial charge in [0.05, 0.1) is 5.60 Å². The molecule has 1 aliphatic rings. The molecule has 1 fully saturated rings. The Morgan fingerprint density at radius 1 is 1.73 bits per heavy atom. The molecule has 0 aromatic heterocycles. The van der Waals surface area contributed by atoms with Crippen molar-refractivity contribution in [3.8, 4) is 0 Å². The van der Waals surface area contributed by atoms with Gasteiger partial charge >= 0.3 is 0 Å². The lowest BCUT2D eigenvalue weighted by Crippen LogP contribution is -2.61. The van der Waals surface area contributed by atoms with E-state index in [-0.39, 0.29) is 0 Å². The molecule has 1 saturated heterocycles. The van der Waals surface area contributed by atoms with Gasteiger partial charge in [-0.1, -0.05) is 29.4 Å². The van der Waals surface area contributed by atoms with E-state index in [0.29, 0.717) is 0 Å². The lowest BCUT2D eigenvalue weighted by molar-refractivity contribution is -0.0945. The minimum atomic E-state index is -0.414. The van der Waals surface area contributed by atoms with E-state index in [0.717, 1.165) is 30.5 Å². The third kappa shape index (κ3) is 2.29. The smallest absolute Gasteiger partial charge is 0.0897 e. The fraction of sp³-hybridized carbons (Fsp3) is 0.750. The average molecular weight is 220 g/mol. The largest absolute Gasteiger partial charge is 0.387 e. The van der Waals surface area contributed by atoms with Crippen molar-refractivity contribution in [3.05, 3.63) is 11.1 Å². The van der Waals surface area contributed by atoms with Crippen molar-refractivity contribution in [2.75, 3.05) is 19.6 Å². The maximum Gasteiger partial charge on any atom is 0.0897 e. The van der Waals surface area contributed by atoms with Gasteiger partial charge < -0.3 is 5.11 Å². The van der Waals surface area contributed by atoms with Gasteiger partial charge in [0.2, 0.25) is 0 Å². The van der Waals surface area contributed by atoms with Crippen molar-refractivity contribution in [1.82, 2.24) is 4.90 Å². The summed E-state index contributed by atoms with van der Waals surface area (Å²) in [6.45, 7) is 8.18. The molecular weight excluding hydrogens is 206 g/mol. The van der Waals surface area contributed by atoms with Crippen LogP contribution in [0, 0.1) is 0 Å². The molecule has 0 amide bonds. The Bertz CT molecular complexity index is 163. The molecule has 0 bridgehead atoms. The summed E-state index contributed by atoms with van der Waals surface area (Å²) in [7, 11) is 0. The first kappa shape index (κ1) is 9.23. The fourth-order valence-corrected chi connectivity index (χ4v) is 1.72. The van der Waals surface area contributed by atoms with Crippen LogP contribution in [0.5, 0.6) is 0 Å². The van der Waals surface area contributed by atoms with E-state index >= 15 is 0 Å². The summed E-state index contributed by atoms with van der Waals surface area (Å²) in [6, 6.07) is 0. The summed E-state index contributed by atoms with van der Waals surface area (Å²) >= 11 is 3.29. The van der Waals surface area contributed by atoms with Crippen molar-refractivity contribution in [1.29, 1.82) is 0 Å². The van der Waals surface area contributed by atoms with Gasteiger partial charge in [0.15, 0.2) is 0 Å². The third-order valence-electron chi connectivity index (χ3n) is 2.09. The van der Waals surface area contributed by atoms with Crippen LogP contribution in [0.1, 0.15) is 13.3 Å². The standard InChI is InChI=1S/C8H14BrNO/c1-3-8(11)5-10(6-8)4-7(2)9/h11H,2-6H2,1H3. The molecule has 0 saturated carbocycles. The van der Waals surface area contributed by atoms with Crippen molar-refractivity contribution >= 4 is 15.9 Å². The van der Waals surface area contributed by atoms with Crippen LogP contribution >= 0.6 is 15.9 Å². The lowest BCUT2D eigenvalue weighted by Gasteiger charge is -2.46. The minimum absolute atomic E-state index is 0.414. The van der Waals surface area contributed by atoms with Gasteiger partial charge in [0.1, 0.15) is 0 Å². The number of β-amino-alcohol motifs (C(OH)–C–C–N with tert-alkyl or cyclic N) is 1. The normalized spacial score (nSPS) is 22.8. The van der Waals surface area contributed by atoms with E-state index < -0.39 is 5.60 Å². The van der Waals surface area contributed by atoms with Gasteiger partial charge in [0, 0.05) is 24.1 Å². The first-order valence-electron chi connectivity index (χ1n) is 3.84. The molecule has 1 rings (SSSR count). The number of likely N-dealkylation sites (tertiary alicyclic amines) is 1. The molecule has 0 atom stereocenters. The van der Waals surface area contributed by atoms with Crippen LogP contribution in [0.4, 0.5) is 0 Å². The van der Waals surface area contributed by atoms with Crippen LogP contribution < -0.4 is 0 Å². The van der Waals surface area contributed by atoms with Crippen LogP contribution in [-0.4, -0.2) is 35.2 Å². The van der Waals surface area contributed by atoms with Crippen LogP contribution in [0.15, 0.2) is 11.1 Å². The number of hydrogen-bond donors (Lipinski definition) is 1. The topological polar surface area (TPSA) is 23.5 Å². The van der Waals surface area contributed by atoms with Crippen molar-refractivity contribution in [2.24, 2.45) is 0 Å². The summed E-state index contributed by atoms with van der Waals surface area (Å²) in [4.78, 5) is 2.17. The predicted octanol–water partition coefficient (Wildman–Crippen LogP) is 1.35. The Kier molecular flexibility index (Phi) is 2.73. The number of rotatable bonds is 3. The number of aliphatic hydroxyl groups is 1. The van der Waals surface area contributed by atoms with Gasteiger partial charge in [-0.15, -0.1) is 0 Å². The number of hydrogen-bond acceptors (Lipinski definition) is 2. The van der Waals surface area contributed by atoms with Gasteiger partial charge in [-0.2, -0.15) is 0 Å². The third-order valence-corrected chi connectivity index (χ3v) is 2.34. The van der Waals surface area contributed by atoms with E-state index in [1.807, 2.05) is 6.92 Å². The molecule has 0 aliphatic carbocycles. The summed E-state index contributed by atoms with van der Waals surface area (Å²) in [5.41, 5.74) is -0.414. The first-order chi connectivity index (χ1) is 5.06. The van der Waals surface area contributed by atoms with Crippen LogP contribution in [-0.2, 0) is 0 Å². The molecule has 0 spiro atoms. The molecule has 0 unspecified atom stereocenters. The molecule has 2 nitrogen and oxygen atoms in total. The summed E-state index contributed by atoms with van der Waals surface area (Å²) in [5.74, 6) is 0. The van der Waals surface area contributed by atoms with Crippen LogP contribution in [0.25, 0.3) is 0 Å². The highest BCUT2D eigenvalue weighted by atomic mass is 79.9. The van der Waals surface area contributed by atoms with Crippen LogP contribution in [0.2, 0.25) is 0 Å². The van der Waals surface area contributed by atoms with Gasteiger partial charge in [-0.3, -0.25) is 4.90 Å². The van der Waals surface area contributed by atoms with E-state index in [2.05, 4.69) is 27.4 Å². The van der Waals surface area contributed by atoms with E-state index in [9.17, 15) is 5.11 Å². The molecule has 1 heterocycles. The number of nitrogens with zero attached hydrogens (tertiary/aromatic N) is 1. The van der Waals surface area contributed by atoms with Crippen LogP contribution in [0.3, 0.4) is 0 Å². The molecule has 1 N–H and O–H groups in total. The van der Waals surface area contributed by atoms with Gasteiger partial charge in [0.25, 0.3) is 0 Å². The average Bonchev–Trinajstić information content (AvgIpc) is 1.83. The molecule has 0 aromatic rings. The summed E-state index contributed by atoms with van der Waals surface area (Å²) in [6.07, 6.45) is 0.845. The fourth-order valence-electron chi connectivity index (χ4n) is 1.36. The second-order valence-corrected chi connectivity index (χ2v) is 4.36. The Labute approximate surface area is 76.0 Å². The molecule has 1 aliphatic heterocycles. The molecule has 0 radical (unpaired) electrons. The zero-order chi connectivity index (χ0) is 8.48. The van der Waals surface area contributed by atoms with Gasteiger partial charge in [-0.25, -0.2) is 0 Å². The zero-order valence-electron chi connectivity index (χ0n) is 6.81. The van der Waals surface area contributed by atoms with E-state index in [1.54, 1.807) is 0 Å². The zero-order valence-corrected chi connectivity index (χ0v) is 8.39. The lowest BCUT2D eigenvalue weighted by atomic mass is 9.91. The maximum absolute atomic E-state index is 9.62. The Morgan fingerprint density at radius 3 is 2.64 bits per heavy atom. The van der Waals surface area contributed by atoms with E-state index in [4.69, 9.17) is 0 Å². The Morgan fingerprint density at radius 2 is 2.27 bits per heavy atom. The molecular formula is C8H14BrNO. The summed E-state index contributed by atoms with van der Waals surface area (Å²) < 4.78 is 0.982. The highest BCUT2D eigenvalue weighted by Crippen LogP contribution is 2.24. The maximum atomic E-state index is 9.62. The van der Waals surface area contributed by atoms with Crippen molar-refractivity contribution in [2.45, 2.75) is 18.9 Å². The highest BCUT2D eigenvalue weighted by molar-refractivity contribution is 9.11. The first-order valence-corrected chi connectivity index (χ1v) is 4.63. The second-order valence-electron chi connectivity index (χ2n) is 3.24. The molecule has 3 heteroatoms. The minimum Gasteiger partial charge on any atom is -0.387 e. The van der Waals surface area contributed by atoms with E-state index in [1.165, 1.54) is 0 Å². The Balaban J connectivity index is 2.23. The quantitative estimate of drug-likeness (QED) is 0.776. The second kappa shape index (κ2) is 3.25. The molecule has 11 heavy (non-hydrogen) atoms. The van der Waals surface area contributed by atoms with Crippen molar-refractivity contribution < 1.29 is 5.11 Å². The molecule has 0 aromatic carbocycles. The highest BCUT2D eigenvalue weighted by Gasteiger charge is 2.38. The Hall–Kier alpha value is 0.140. The monoisotopic (exact) mass is 219 g/mol. The number of halogens is 1.